The van der Waals surface area contributed by atoms with E-state index in [9.17, 15) is 0 Å². The third-order valence-electron chi connectivity index (χ3n) is 82.4. The fraction of sp³-hybridized carbons (Fsp3) is 1.00. The molecule has 68 aliphatic carbocycles. The van der Waals surface area contributed by atoms with Crippen molar-refractivity contribution in [3.63, 3.8) is 0 Å². The van der Waals surface area contributed by atoms with Crippen LogP contribution in [0.2, 0.25) is 0 Å². The molecule has 76 unspecified atom stereocenters. The Morgan fingerprint density at radius 1 is 0.177 bits per heavy atom. The summed E-state index contributed by atoms with van der Waals surface area (Å²) in [6.07, 6.45) is 7.67. The normalized spacial score (nSPS) is 140. The molecular formula is C94H61BF. The second-order valence-electron chi connectivity index (χ2n) is 61.1. The molecule has 45 spiro atoms. The van der Waals surface area contributed by atoms with Crippen molar-refractivity contribution in [2.24, 2.45) is 488 Å². The molecule has 68 aliphatic rings. The molecule has 3 radical (unpaired) electrons. The monoisotopic (exact) mass is 1220 g/mol. The summed E-state index contributed by atoms with van der Waals surface area (Å²) in [4.78, 5) is 0. The summed E-state index contributed by atoms with van der Waals surface area (Å²) in [7, 11) is 0. The Balaban J connectivity index is 0.000000800. The van der Waals surface area contributed by atoms with Crippen LogP contribution in [0.4, 0.5) is 4.70 Å². The Bertz CT molecular complexity index is 6680. The quantitative estimate of drug-likeness (QED) is 0.216. The summed E-state index contributed by atoms with van der Waals surface area (Å²) in [5.74, 6) is 63.1. The summed E-state index contributed by atoms with van der Waals surface area (Å²) in [5, 5.41) is 0. The fourth-order valence-corrected chi connectivity index (χ4v) is 106. The number of halogens is 1. The number of fused-ring (bicyclic) bond motifs is 32. The fourth-order valence-electron chi connectivity index (χ4n) is 106. The molecule has 0 aromatic carbocycles. The lowest BCUT2D eigenvalue weighted by molar-refractivity contribution is -1.23. The SMILES string of the molecule is C.C1C2C3C4C5C6C7C8CC9C%10C%11C%12C%13C%14C%15C%16C%17C%18C%19CC%20C%21C%22C%23C%24C%25C%26CC%27C%28C%29C%30C%31C%32C%33C%34C%35C%36C1C21C3C4C52C6C7C89C%103C%114C%125C%136C%147C%158C%169C%10C%11C%12%13C%14C%15C%30(C%29%16C%28%29C%27%26C%25%26C%24%25C%23%24C%22%23C%21%22C%19%20C%18%19C%179C%109C%11%10C%12%11C%14%12C%15%16C%29%26C%25%12C%24%11C%23%10C%19%229)C%319C%32%10C%33%11C%34%12C%35%14C%361C23C%144C%125C%116C%107C%1398.F.[2HH].[B].[HH]. The number of hydrogen-bond donors (Lipinski definition) is 0. The highest BCUT2D eigenvalue weighted by Crippen LogP contribution is 3.76. The molecule has 0 nitrogen and oxygen atoms in total. The zero-order chi connectivity index (χ0) is 50.7. The first-order valence-corrected chi connectivity index (χ1v) is 46.3. The summed E-state index contributed by atoms with van der Waals surface area (Å²) in [6.45, 7) is 0. The molecular weight excluding hydrogens is 1160 g/mol. The third kappa shape index (κ3) is 0.735. The van der Waals surface area contributed by atoms with Crippen LogP contribution in [-0.4, -0.2) is 8.41 Å². The van der Waals surface area contributed by atoms with Crippen LogP contribution in [-0.2, 0) is 0 Å². The van der Waals surface area contributed by atoms with Crippen molar-refractivity contribution < 1.29 is 7.56 Å². The van der Waals surface area contributed by atoms with Gasteiger partial charge >= 0.3 is 0 Å². The largest absolute Gasteiger partial charge is 0.269 e. The molecule has 0 bridgehead atoms. The second kappa shape index (κ2) is 5.09. The minimum Gasteiger partial charge on any atom is -0.269 e. The van der Waals surface area contributed by atoms with Crippen LogP contribution >= 0.6 is 0 Å². The van der Waals surface area contributed by atoms with Gasteiger partial charge < -0.3 is 0 Å². The minimum absolute atomic E-state index is 0. The van der Waals surface area contributed by atoms with Crippen LogP contribution < -0.4 is 0 Å². The molecule has 447 valence electrons. The molecule has 0 saturated heterocycles. The van der Waals surface area contributed by atoms with Crippen molar-refractivity contribution >= 4 is 8.41 Å². The average molecular weight is 1220 g/mol. The molecule has 0 aliphatic heterocycles. The van der Waals surface area contributed by atoms with E-state index in [1.807, 2.05) is 25.7 Å². The molecule has 0 aromatic heterocycles. The Morgan fingerprint density at radius 3 is 0.927 bits per heavy atom. The topological polar surface area (TPSA) is 0 Å². The van der Waals surface area contributed by atoms with E-state index in [1.54, 1.807) is 0 Å². The van der Waals surface area contributed by atoms with Gasteiger partial charge in [0, 0.05) is 11.3 Å². The van der Waals surface area contributed by atoms with E-state index in [2.05, 4.69) is 0 Å². The van der Waals surface area contributed by atoms with Crippen LogP contribution in [0, 0.1) is 504 Å². The Hall–Kier alpha value is -0.00506. The van der Waals surface area contributed by atoms with Gasteiger partial charge in [0.15, 0.2) is 0 Å². The molecule has 68 fully saturated rings. The van der Waals surface area contributed by atoms with Crippen molar-refractivity contribution in [3.8, 4) is 0 Å². The van der Waals surface area contributed by atoms with Crippen molar-refractivity contribution in [3.05, 3.63) is 16.2 Å². The van der Waals surface area contributed by atoms with Gasteiger partial charge in [-0.2, -0.15) is 0 Å². The van der Waals surface area contributed by atoms with Gasteiger partial charge in [-0.1, -0.05) is 7.43 Å². The van der Waals surface area contributed by atoms with Gasteiger partial charge in [-0.25, -0.2) is 0 Å². The Morgan fingerprint density at radius 2 is 0.469 bits per heavy atom. The van der Waals surface area contributed by atoms with Gasteiger partial charge in [0.25, 0.3) is 0 Å². The third-order valence-corrected chi connectivity index (χ3v) is 82.4. The van der Waals surface area contributed by atoms with Crippen molar-refractivity contribution in [1.29, 1.82) is 0 Å². The second-order valence-corrected chi connectivity index (χ2v) is 61.1. The molecule has 68 rings (SSSR count). The van der Waals surface area contributed by atoms with Crippen molar-refractivity contribution in [1.82, 2.24) is 0 Å². The van der Waals surface area contributed by atoms with Crippen LogP contribution in [0.25, 0.3) is 0 Å². The lowest BCUT2D eigenvalue weighted by Crippen LogP contribution is -3.68. The standard InChI is InChI=1S/C93H52.CH4.B.FH.2H2/c1-5-13-15-23-16-14-6-2-8-18-33-40-44-42-37-29-31-20-10-4-12-22-35-38-34-21-11-3-9-19-30-28-36-41-43-39-32-17-7(1)49(5)24(13)26(15)51(23)27(16)25(14)50(6,8)58(18)68(33)74(40)76(44)72(42)66(37)55(29)46-48-56-47-45-54(28,65(36)71(41)75(43)73(39)67(32)57(17,49)82(51,58)87(67,68)89(73,74)90(75,76)88(71,72)83(56,65)66)59(30)61(19)52(9,11)63(21)69(34)77(38)70(35)64(22)53(10,12)62(20)60(31,55)79(46)81(48)84(56)80(47)78(45,59)85(61,63)91(69,80)93(77,84)92(70,81)86(62,64)79;;;;;/h5-48H,1-4H2;1H4;;3*1H/i;;;;1+1;. The molecule has 2 heteroatoms. The summed E-state index contributed by atoms with van der Waals surface area (Å²) >= 11 is 0. The smallest absolute Gasteiger partial charge is 0 e. The van der Waals surface area contributed by atoms with Gasteiger partial charge in [-0.3, -0.25) is 4.70 Å². The van der Waals surface area contributed by atoms with E-state index >= 15 is 0 Å². The number of hydrogen-bond acceptors (Lipinski definition) is 0. The van der Waals surface area contributed by atoms with Crippen LogP contribution in [0.1, 0.15) is 36.0 Å². The molecule has 96 heavy (non-hydrogen) atoms. The van der Waals surface area contributed by atoms with E-state index in [4.69, 9.17) is 0 Å². The first kappa shape index (κ1) is 33.8. The Kier molecular flexibility index (Phi) is 1.79. The summed E-state index contributed by atoms with van der Waals surface area (Å²) < 4.78 is 0. The summed E-state index contributed by atoms with van der Waals surface area (Å²) in [6, 6.07) is 0. The lowest BCUT2D eigenvalue weighted by atomic mass is 8.33. The van der Waals surface area contributed by atoms with Crippen molar-refractivity contribution in [2.75, 3.05) is 0 Å². The highest BCUT2D eigenvalue weighted by Gasteiger charge is 3.74. The minimum atomic E-state index is 0. The maximum atomic E-state index is 1.93. The van der Waals surface area contributed by atoms with Crippen LogP contribution in [0.3, 0.4) is 0 Å². The van der Waals surface area contributed by atoms with Crippen LogP contribution in [0.15, 0.2) is 0 Å². The molecule has 0 amide bonds. The Labute approximate surface area is 549 Å². The zero-order valence-corrected chi connectivity index (χ0v) is 51.7. The maximum absolute atomic E-state index is 1.93. The highest BCUT2D eigenvalue weighted by molar-refractivity contribution is 6.31. The van der Waals surface area contributed by atoms with E-state index in [-0.39, 0.29) is 23.4 Å². The molecule has 0 heterocycles. The van der Waals surface area contributed by atoms with Gasteiger partial charge in [0.2, 0.25) is 0 Å². The van der Waals surface area contributed by atoms with E-state index in [0.29, 0.717) is 0 Å². The molecule has 0 aromatic rings. The predicted octanol–water partition coefficient (Wildman–Crippen LogP) is 8.12. The highest BCUT2D eigenvalue weighted by atomic mass is 19.0. The predicted molar refractivity (Wildman–Crippen MR) is 303 cm³/mol. The summed E-state index contributed by atoms with van der Waals surface area (Å²) in [5.41, 5.74) is 50.2. The van der Waals surface area contributed by atoms with E-state index < -0.39 is 0 Å². The zero-order valence-electron chi connectivity index (χ0n) is 51.7. The van der Waals surface area contributed by atoms with E-state index in [1.165, 1.54) is 260 Å². The average Bonchev–Trinajstić information content (AvgIpc) is 0.417. The lowest BCUT2D eigenvalue weighted by Gasteiger charge is -3.69. The van der Waals surface area contributed by atoms with Crippen LogP contribution in [0.5, 0.6) is 0 Å². The van der Waals surface area contributed by atoms with Gasteiger partial charge in [0.05, 0.1) is 0 Å². The molecule has 76 atom stereocenters. The maximum Gasteiger partial charge on any atom is 0 e. The molecule has 0 N–H and O–H groups in total. The van der Waals surface area contributed by atoms with Gasteiger partial charge in [-0.05, 0) is 530 Å². The first-order chi connectivity index (χ1) is 46.3. The van der Waals surface area contributed by atoms with Crippen molar-refractivity contribution in [2.45, 2.75) is 33.1 Å². The number of rotatable bonds is 0. The van der Waals surface area contributed by atoms with Gasteiger partial charge in [-0.15, -0.1) is 0 Å². The van der Waals surface area contributed by atoms with Gasteiger partial charge in [0.1, 0.15) is 0 Å². The first-order valence-electron chi connectivity index (χ1n) is 46.3. The molecule has 68 saturated carbocycles. The van der Waals surface area contributed by atoms with E-state index in [0.717, 1.165) is 244 Å².